The minimum atomic E-state index is -4.31. The fourth-order valence-corrected chi connectivity index (χ4v) is 2.15. The summed E-state index contributed by atoms with van der Waals surface area (Å²) in [5.41, 5.74) is -0.0821. The molecule has 0 atom stereocenters. The lowest BCUT2D eigenvalue weighted by Gasteiger charge is -2.08. The summed E-state index contributed by atoms with van der Waals surface area (Å²) in [6, 6.07) is 5.24. The van der Waals surface area contributed by atoms with E-state index in [9.17, 15) is 13.2 Å². The topological polar surface area (TPSA) is 37.8 Å². The number of hydrogen-bond donors (Lipinski definition) is 1. The number of rotatable bonds is 4. The Hall–Kier alpha value is -1.63. The van der Waals surface area contributed by atoms with Crippen LogP contribution in [0.25, 0.3) is 0 Å². The maximum atomic E-state index is 12.5. The summed E-state index contributed by atoms with van der Waals surface area (Å²) >= 11 is 1.21. The molecule has 0 bridgehead atoms. The molecular weight excluding hydrogens is 275 g/mol. The van der Waals surface area contributed by atoms with Gasteiger partial charge in [0.15, 0.2) is 0 Å². The van der Waals surface area contributed by atoms with Gasteiger partial charge in [0, 0.05) is 24.5 Å². The number of aryl methyl sites for hydroxylation is 1. The second kappa shape index (κ2) is 5.56. The number of alkyl halides is 3. The van der Waals surface area contributed by atoms with Crippen LogP contribution in [-0.2, 0) is 19.1 Å². The van der Waals surface area contributed by atoms with Crippen molar-refractivity contribution in [1.29, 1.82) is 0 Å². The van der Waals surface area contributed by atoms with E-state index in [1.807, 2.05) is 6.92 Å². The number of aromatic nitrogens is 2. The van der Waals surface area contributed by atoms with E-state index >= 15 is 0 Å². The first-order valence-electron chi connectivity index (χ1n) is 5.71. The largest absolute Gasteiger partial charge is 0.416 e. The first-order chi connectivity index (χ1) is 8.99. The standard InChI is InChI=1S/C12H12F3N3S/c1-2-10-17-11(19-18-10)16-7-8-4-3-5-9(6-8)12(13,14)15/h3-6H,2,7H2,1H3,(H,16,17,18). The number of nitrogens with zero attached hydrogens (tertiary/aromatic N) is 2. The Balaban J connectivity index is 2.03. The van der Waals surface area contributed by atoms with Gasteiger partial charge in [-0.25, -0.2) is 4.98 Å². The van der Waals surface area contributed by atoms with Gasteiger partial charge in [0.25, 0.3) is 0 Å². The highest BCUT2D eigenvalue weighted by molar-refractivity contribution is 7.09. The van der Waals surface area contributed by atoms with Crippen LogP contribution >= 0.6 is 11.5 Å². The van der Waals surface area contributed by atoms with Crippen molar-refractivity contribution in [3.05, 3.63) is 41.2 Å². The van der Waals surface area contributed by atoms with Gasteiger partial charge in [-0.2, -0.15) is 17.5 Å². The zero-order chi connectivity index (χ0) is 13.9. The van der Waals surface area contributed by atoms with Crippen molar-refractivity contribution in [3.8, 4) is 0 Å². The lowest BCUT2D eigenvalue weighted by Crippen LogP contribution is -2.06. The molecule has 0 saturated heterocycles. The molecule has 0 aliphatic carbocycles. The number of anilines is 1. The molecule has 2 aromatic rings. The summed E-state index contributed by atoms with van der Waals surface area (Å²) in [4.78, 5) is 4.19. The van der Waals surface area contributed by atoms with Gasteiger partial charge >= 0.3 is 6.18 Å². The van der Waals surface area contributed by atoms with E-state index in [1.165, 1.54) is 17.6 Å². The number of nitrogens with one attached hydrogen (secondary N) is 1. The Labute approximate surface area is 112 Å². The molecule has 0 fully saturated rings. The molecule has 19 heavy (non-hydrogen) atoms. The van der Waals surface area contributed by atoms with Crippen molar-refractivity contribution in [2.24, 2.45) is 0 Å². The SMILES string of the molecule is CCc1nsc(NCc2cccc(C(F)(F)F)c2)n1. The molecule has 1 N–H and O–H groups in total. The molecule has 3 nitrogen and oxygen atoms in total. The Bertz CT molecular complexity index is 551. The molecule has 2 rings (SSSR count). The molecule has 0 amide bonds. The van der Waals surface area contributed by atoms with Crippen molar-refractivity contribution in [2.45, 2.75) is 26.1 Å². The Morgan fingerprint density at radius 3 is 2.74 bits per heavy atom. The predicted molar refractivity (Wildman–Crippen MR) is 68.1 cm³/mol. The summed E-state index contributed by atoms with van der Waals surface area (Å²) < 4.78 is 41.7. The van der Waals surface area contributed by atoms with Crippen LogP contribution in [0, 0.1) is 0 Å². The molecule has 0 spiro atoms. The zero-order valence-electron chi connectivity index (χ0n) is 10.2. The first kappa shape index (κ1) is 13.8. The average molecular weight is 287 g/mol. The molecule has 0 unspecified atom stereocenters. The third kappa shape index (κ3) is 3.66. The molecule has 1 heterocycles. The lowest BCUT2D eigenvalue weighted by atomic mass is 10.1. The summed E-state index contributed by atoms with van der Waals surface area (Å²) in [6.07, 6.45) is -3.57. The molecule has 102 valence electrons. The van der Waals surface area contributed by atoms with E-state index in [1.54, 1.807) is 6.07 Å². The number of hydrogen-bond acceptors (Lipinski definition) is 4. The fourth-order valence-electron chi connectivity index (χ4n) is 1.50. The third-order valence-corrected chi connectivity index (χ3v) is 3.19. The summed E-state index contributed by atoms with van der Waals surface area (Å²) in [7, 11) is 0. The van der Waals surface area contributed by atoms with Gasteiger partial charge in [-0.05, 0) is 17.7 Å². The van der Waals surface area contributed by atoms with Crippen LogP contribution in [0.3, 0.4) is 0 Å². The predicted octanol–water partition coefficient (Wildman–Crippen LogP) is 3.73. The Morgan fingerprint density at radius 2 is 2.11 bits per heavy atom. The van der Waals surface area contributed by atoms with Crippen molar-refractivity contribution in [1.82, 2.24) is 9.36 Å². The van der Waals surface area contributed by atoms with E-state index in [2.05, 4.69) is 14.7 Å². The van der Waals surface area contributed by atoms with Crippen molar-refractivity contribution < 1.29 is 13.2 Å². The van der Waals surface area contributed by atoms with Crippen molar-refractivity contribution >= 4 is 16.7 Å². The van der Waals surface area contributed by atoms with Crippen LogP contribution in [0.1, 0.15) is 23.9 Å². The normalized spacial score (nSPS) is 11.6. The van der Waals surface area contributed by atoms with Gasteiger partial charge in [-0.1, -0.05) is 19.1 Å². The lowest BCUT2D eigenvalue weighted by molar-refractivity contribution is -0.137. The van der Waals surface area contributed by atoms with Gasteiger partial charge in [0.1, 0.15) is 5.82 Å². The van der Waals surface area contributed by atoms with E-state index in [-0.39, 0.29) is 0 Å². The molecule has 0 aliphatic heterocycles. The van der Waals surface area contributed by atoms with Crippen molar-refractivity contribution in [2.75, 3.05) is 5.32 Å². The molecule has 0 radical (unpaired) electrons. The minimum Gasteiger partial charge on any atom is -0.356 e. The minimum absolute atomic E-state index is 0.294. The van der Waals surface area contributed by atoms with Gasteiger partial charge in [0.2, 0.25) is 5.13 Å². The number of benzene rings is 1. The van der Waals surface area contributed by atoms with E-state index in [4.69, 9.17) is 0 Å². The molecular formula is C12H12F3N3S. The van der Waals surface area contributed by atoms with Gasteiger partial charge in [-0.3, -0.25) is 0 Å². The highest BCUT2D eigenvalue weighted by Gasteiger charge is 2.30. The monoisotopic (exact) mass is 287 g/mol. The Kier molecular flexibility index (Phi) is 4.04. The molecule has 0 aliphatic rings. The van der Waals surface area contributed by atoms with E-state index in [0.717, 1.165) is 24.4 Å². The number of halogens is 3. The van der Waals surface area contributed by atoms with E-state index in [0.29, 0.717) is 17.2 Å². The highest BCUT2D eigenvalue weighted by atomic mass is 32.1. The first-order valence-corrected chi connectivity index (χ1v) is 6.49. The maximum Gasteiger partial charge on any atom is 0.416 e. The molecule has 1 aromatic heterocycles. The van der Waals surface area contributed by atoms with Gasteiger partial charge < -0.3 is 5.32 Å². The van der Waals surface area contributed by atoms with Crippen molar-refractivity contribution in [3.63, 3.8) is 0 Å². The van der Waals surface area contributed by atoms with Crippen LogP contribution in [0.4, 0.5) is 18.3 Å². The maximum absolute atomic E-state index is 12.5. The highest BCUT2D eigenvalue weighted by Crippen LogP contribution is 2.29. The average Bonchev–Trinajstić information content (AvgIpc) is 2.84. The van der Waals surface area contributed by atoms with Crippen LogP contribution < -0.4 is 5.32 Å². The second-order valence-corrected chi connectivity index (χ2v) is 4.67. The smallest absolute Gasteiger partial charge is 0.356 e. The third-order valence-electron chi connectivity index (χ3n) is 2.48. The summed E-state index contributed by atoms with van der Waals surface area (Å²) in [5, 5.41) is 3.59. The Morgan fingerprint density at radius 1 is 1.32 bits per heavy atom. The van der Waals surface area contributed by atoms with E-state index < -0.39 is 11.7 Å². The zero-order valence-corrected chi connectivity index (χ0v) is 11.0. The quantitative estimate of drug-likeness (QED) is 0.931. The summed E-state index contributed by atoms with van der Waals surface area (Å²) in [5.74, 6) is 0.733. The van der Waals surface area contributed by atoms with Crippen LogP contribution in [-0.4, -0.2) is 9.36 Å². The van der Waals surface area contributed by atoms with Crippen LogP contribution in [0.2, 0.25) is 0 Å². The fraction of sp³-hybridized carbons (Fsp3) is 0.333. The molecule has 0 saturated carbocycles. The van der Waals surface area contributed by atoms with Gasteiger partial charge in [-0.15, -0.1) is 0 Å². The van der Waals surface area contributed by atoms with Gasteiger partial charge in [0.05, 0.1) is 5.56 Å². The molecule has 1 aromatic carbocycles. The van der Waals surface area contributed by atoms with Crippen LogP contribution in [0.5, 0.6) is 0 Å². The summed E-state index contributed by atoms with van der Waals surface area (Å²) in [6.45, 7) is 2.24. The van der Waals surface area contributed by atoms with Crippen LogP contribution in [0.15, 0.2) is 24.3 Å². The second-order valence-electron chi connectivity index (χ2n) is 3.92. The molecule has 7 heteroatoms.